The number of pyridine rings is 1. The average Bonchev–Trinajstić information content (AvgIpc) is 3.31. The molecule has 5 rings (SSSR count). The van der Waals surface area contributed by atoms with Crippen LogP contribution in [0.1, 0.15) is 38.3 Å². The smallest absolute Gasteiger partial charge is 0.338 e. The summed E-state index contributed by atoms with van der Waals surface area (Å²) >= 11 is 0.929. The number of rotatable bonds is 8. The second-order valence-corrected chi connectivity index (χ2v) is 10.5. The van der Waals surface area contributed by atoms with Crippen LogP contribution in [0.15, 0.2) is 90.0 Å². The van der Waals surface area contributed by atoms with Gasteiger partial charge in [0.05, 0.1) is 22.1 Å². The van der Waals surface area contributed by atoms with Gasteiger partial charge in [-0.25, -0.2) is 14.7 Å². The molecule has 0 radical (unpaired) electrons. The minimum absolute atomic E-state index is 0.0469. The van der Waals surface area contributed by atoms with Crippen molar-refractivity contribution in [1.82, 2.24) is 4.98 Å². The summed E-state index contributed by atoms with van der Waals surface area (Å²) in [5.41, 5.74) is 7.90. The largest absolute Gasteiger partial charge is 0.454 e. The van der Waals surface area contributed by atoms with Gasteiger partial charge >= 0.3 is 5.97 Å². The van der Waals surface area contributed by atoms with Gasteiger partial charge in [0, 0.05) is 17.5 Å². The van der Waals surface area contributed by atoms with E-state index in [4.69, 9.17) is 10.5 Å². The Balaban J connectivity index is 1.32. The molecule has 11 heteroatoms. The number of nitrogen functional groups attached to an aromatic ring is 1. The number of amides is 2. The minimum atomic E-state index is -0.906. The number of carbonyl (C=O) groups is 4. The third-order valence-corrected chi connectivity index (χ3v) is 7.80. The van der Waals surface area contributed by atoms with Gasteiger partial charge in [0.1, 0.15) is 28.5 Å². The molecule has 2 heterocycles. The van der Waals surface area contributed by atoms with Gasteiger partial charge in [0.2, 0.25) is 11.8 Å². The lowest BCUT2D eigenvalue weighted by Gasteiger charge is -2.16. The van der Waals surface area contributed by atoms with Gasteiger partial charge < -0.3 is 10.5 Å². The number of esters is 1. The van der Waals surface area contributed by atoms with E-state index in [1.807, 2.05) is 6.07 Å². The highest BCUT2D eigenvalue weighted by molar-refractivity contribution is 8.00. The van der Waals surface area contributed by atoms with Crippen molar-refractivity contribution in [2.75, 3.05) is 17.2 Å². The van der Waals surface area contributed by atoms with Crippen LogP contribution in [-0.2, 0) is 14.3 Å². The van der Waals surface area contributed by atoms with Crippen molar-refractivity contribution in [3.8, 4) is 23.3 Å². The van der Waals surface area contributed by atoms with E-state index in [1.165, 1.54) is 24.3 Å². The summed E-state index contributed by atoms with van der Waals surface area (Å²) in [4.78, 5) is 56.2. The summed E-state index contributed by atoms with van der Waals surface area (Å²) < 4.78 is 5.12. The van der Waals surface area contributed by atoms with E-state index < -0.39 is 29.6 Å². The van der Waals surface area contributed by atoms with Crippen LogP contribution in [-0.4, -0.2) is 40.4 Å². The standard InChI is InChI=1S/C32H21N5O5S/c33-16-23-28(20-9-5-2-6-10-20)24(17-34)30(36-29(23)35)43-26-15-27(39)37(31(26)40)22-13-11-21(12-14-22)32(41)42-18-25(38)19-7-3-1-4-8-19/h1-14,26H,15,18H2,(H2,35,36). The predicted molar refractivity (Wildman–Crippen MR) is 158 cm³/mol. The zero-order valence-electron chi connectivity index (χ0n) is 22.4. The fourth-order valence-corrected chi connectivity index (χ4v) is 5.67. The molecule has 10 nitrogen and oxygen atoms in total. The SMILES string of the molecule is N#Cc1c(N)nc(SC2CC(=O)N(c3ccc(C(=O)OCC(=O)c4ccccc4)cc3)C2=O)c(C#N)c1-c1ccccc1. The van der Waals surface area contributed by atoms with Crippen molar-refractivity contribution in [2.24, 2.45) is 0 Å². The van der Waals surface area contributed by atoms with E-state index in [-0.39, 0.29) is 45.4 Å². The number of hydrogen-bond donors (Lipinski definition) is 1. The molecule has 3 aromatic carbocycles. The Hall–Kier alpha value is -5.78. The number of Topliss-reactive ketones (excluding diaryl/α,β-unsaturated/α-hetero) is 1. The van der Waals surface area contributed by atoms with Gasteiger partial charge in [-0.2, -0.15) is 10.5 Å². The van der Waals surface area contributed by atoms with Gasteiger partial charge in [-0.15, -0.1) is 0 Å². The molecule has 1 aliphatic heterocycles. The van der Waals surface area contributed by atoms with E-state index in [9.17, 15) is 29.7 Å². The molecule has 0 aliphatic carbocycles. The predicted octanol–water partition coefficient (Wildman–Crippen LogP) is 4.54. The quantitative estimate of drug-likeness (QED) is 0.176. The maximum Gasteiger partial charge on any atom is 0.338 e. The first-order chi connectivity index (χ1) is 20.8. The Morgan fingerprint density at radius 1 is 0.907 bits per heavy atom. The number of ether oxygens (including phenoxy) is 1. The lowest BCUT2D eigenvalue weighted by molar-refractivity contribution is -0.121. The molecule has 1 atom stereocenters. The Morgan fingerprint density at radius 2 is 1.53 bits per heavy atom. The zero-order chi connectivity index (χ0) is 30.5. The zero-order valence-corrected chi connectivity index (χ0v) is 23.2. The summed E-state index contributed by atoms with van der Waals surface area (Å²) in [6.07, 6.45) is -0.165. The summed E-state index contributed by atoms with van der Waals surface area (Å²) in [5, 5.41) is 19.0. The molecule has 43 heavy (non-hydrogen) atoms. The number of imide groups is 1. The van der Waals surface area contributed by atoms with Crippen molar-refractivity contribution in [3.05, 3.63) is 107 Å². The number of benzene rings is 3. The molecule has 4 aromatic rings. The second-order valence-electron chi connectivity index (χ2n) is 9.31. The molecular weight excluding hydrogens is 566 g/mol. The Kier molecular flexibility index (Phi) is 8.28. The van der Waals surface area contributed by atoms with Gasteiger partial charge in [-0.05, 0) is 29.8 Å². The van der Waals surface area contributed by atoms with Crippen LogP contribution in [0, 0.1) is 22.7 Å². The normalized spacial score (nSPS) is 14.2. The summed E-state index contributed by atoms with van der Waals surface area (Å²) in [5.74, 6) is -2.19. The van der Waals surface area contributed by atoms with Crippen molar-refractivity contribution in [3.63, 3.8) is 0 Å². The van der Waals surface area contributed by atoms with Crippen molar-refractivity contribution in [1.29, 1.82) is 10.5 Å². The Labute approximate surface area is 250 Å². The molecule has 0 saturated carbocycles. The van der Waals surface area contributed by atoms with E-state index >= 15 is 0 Å². The molecular formula is C32H21N5O5S. The second kappa shape index (κ2) is 12.4. The average molecular weight is 588 g/mol. The van der Waals surface area contributed by atoms with Crippen molar-refractivity contribution >= 4 is 46.8 Å². The molecule has 2 amide bonds. The number of anilines is 2. The topological polar surface area (TPSA) is 167 Å². The van der Waals surface area contributed by atoms with Crippen LogP contribution >= 0.6 is 11.8 Å². The third kappa shape index (κ3) is 5.84. The molecule has 1 aliphatic rings. The highest BCUT2D eigenvalue weighted by Gasteiger charge is 2.41. The summed E-state index contributed by atoms with van der Waals surface area (Å²) in [7, 11) is 0. The van der Waals surface area contributed by atoms with E-state index in [2.05, 4.69) is 11.1 Å². The summed E-state index contributed by atoms with van der Waals surface area (Å²) in [6, 6.07) is 27.0. The maximum absolute atomic E-state index is 13.4. The number of hydrogen-bond acceptors (Lipinski definition) is 10. The van der Waals surface area contributed by atoms with E-state index in [0.717, 1.165) is 16.7 Å². The Morgan fingerprint density at radius 3 is 2.16 bits per heavy atom. The third-order valence-electron chi connectivity index (χ3n) is 6.63. The van der Waals surface area contributed by atoms with Gasteiger partial charge in [-0.1, -0.05) is 72.4 Å². The molecule has 210 valence electrons. The van der Waals surface area contributed by atoms with Gasteiger partial charge in [0.25, 0.3) is 0 Å². The number of nitrogens with two attached hydrogens (primary N) is 1. The van der Waals surface area contributed by atoms with Crippen LogP contribution in [0.2, 0.25) is 0 Å². The first kappa shape index (κ1) is 28.7. The lowest BCUT2D eigenvalue weighted by atomic mass is 9.97. The van der Waals surface area contributed by atoms with Gasteiger partial charge in [0.15, 0.2) is 12.4 Å². The number of nitrogens with zero attached hydrogens (tertiary/aromatic N) is 4. The van der Waals surface area contributed by atoms with Crippen LogP contribution in [0.3, 0.4) is 0 Å². The lowest BCUT2D eigenvalue weighted by Crippen LogP contribution is -2.31. The van der Waals surface area contributed by atoms with E-state index in [0.29, 0.717) is 16.7 Å². The monoisotopic (exact) mass is 587 g/mol. The molecule has 2 N–H and O–H groups in total. The molecule has 0 spiro atoms. The minimum Gasteiger partial charge on any atom is -0.454 e. The van der Waals surface area contributed by atoms with Crippen LogP contribution in [0.25, 0.3) is 11.1 Å². The fourth-order valence-electron chi connectivity index (χ4n) is 4.55. The number of ketones is 1. The van der Waals surface area contributed by atoms with Crippen molar-refractivity contribution < 1.29 is 23.9 Å². The van der Waals surface area contributed by atoms with Crippen LogP contribution in [0.5, 0.6) is 0 Å². The molecule has 1 unspecified atom stereocenters. The highest BCUT2D eigenvalue weighted by atomic mass is 32.2. The van der Waals surface area contributed by atoms with Crippen molar-refractivity contribution in [2.45, 2.75) is 16.7 Å². The summed E-state index contributed by atoms with van der Waals surface area (Å²) in [6.45, 7) is -0.433. The van der Waals surface area contributed by atoms with Crippen LogP contribution < -0.4 is 10.6 Å². The molecule has 1 aromatic heterocycles. The number of aromatic nitrogens is 1. The number of carbonyl (C=O) groups excluding carboxylic acids is 4. The first-order valence-electron chi connectivity index (χ1n) is 12.9. The molecule has 0 bridgehead atoms. The number of thioether (sulfide) groups is 1. The fraction of sp³-hybridized carbons (Fsp3) is 0.0938. The highest BCUT2D eigenvalue weighted by Crippen LogP contribution is 2.40. The first-order valence-corrected chi connectivity index (χ1v) is 13.8. The Bertz CT molecular complexity index is 1830. The molecule has 1 saturated heterocycles. The van der Waals surface area contributed by atoms with Crippen LogP contribution in [0.4, 0.5) is 11.5 Å². The molecule has 1 fully saturated rings. The maximum atomic E-state index is 13.4. The van der Waals surface area contributed by atoms with Gasteiger partial charge in [-0.3, -0.25) is 14.4 Å². The van der Waals surface area contributed by atoms with E-state index in [1.54, 1.807) is 60.7 Å². The number of nitriles is 2.